The standard InChI is InChI=1S/C16H20O4S/c1-2-3-13-20-14-7-9-15(10-8-14)21(18,19)16(17)11-5-4-6-12-16/h7-10,17H,4-6,11-13H2,1H3. The van der Waals surface area contributed by atoms with E-state index in [2.05, 4.69) is 11.8 Å². The van der Waals surface area contributed by atoms with Crippen molar-refractivity contribution in [3.05, 3.63) is 24.3 Å². The minimum absolute atomic E-state index is 0.140. The molecular weight excluding hydrogens is 288 g/mol. The molecule has 0 bridgehead atoms. The van der Waals surface area contributed by atoms with Crippen molar-refractivity contribution in [1.82, 2.24) is 0 Å². The Morgan fingerprint density at radius 1 is 1.19 bits per heavy atom. The minimum atomic E-state index is -3.73. The van der Waals surface area contributed by atoms with E-state index in [0.29, 0.717) is 18.6 Å². The summed E-state index contributed by atoms with van der Waals surface area (Å²) in [5.74, 6) is 6.05. The first kappa shape index (κ1) is 15.9. The van der Waals surface area contributed by atoms with Crippen molar-refractivity contribution >= 4 is 9.84 Å². The molecule has 1 aliphatic rings. The zero-order chi connectivity index (χ0) is 15.3. The monoisotopic (exact) mass is 308 g/mol. The summed E-state index contributed by atoms with van der Waals surface area (Å²) in [7, 11) is -3.73. The molecule has 0 atom stereocenters. The Morgan fingerprint density at radius 3 is 2.38 bits per heavy atom. The van der Waals surface area contributed by atoms with Crippen LogP contribution in [0.2, 0.25) is 0 Å². The van der Waals surface area contributed by atoms with Crippen molar-refractivity contribution in [2.75, 3.05) is 6.61 Å². The van der Waals surface area contributed by atoms with Gasteiger partial charge in [0.25, 0.3) is 0 Å². The van der Waals surface area contributed by atoms with E-state index in [-0.39, 0.29) is 11.5 Å². The lowest BCUT2D eigenvalue weighted by atomic mass is 9.97. The fraction of sp³-hybridized carbons (Fsp3) is 0.500. The van der Waals surface area contributed by atoms with Gasteiger partial charge in [0.05, 0.1) is 4.90 Å². The predicted molar refractivity (Wildman–Crippen MR) is 80.6 cm³/mol. The van der Waals surface area contributed by atoms with Gasteiger partial charge >= 0.3 is 0 Å². The SMILES string of the molecule is CC#CCOc1ccc(S(=O)(=O)C2(O)CCCCC2)cc1. The number of ether oxygens (including phenoxy) is 1. The second kappa shape index (κ2) is 6.50. The summed E-state index contributed by atoms with van der Waals surface area (Å²) >= 11 is 0. The molecule has 0 aliphatic heterocycles. The molecule has 0 spiro atoms. The van der Waals surface area contributed by atoms with Crippen LogP contribution in [0.1, 0.15) is 39.0 Å². The number of benzene rings is 1. The van der Waals surface area contributed by atoms with Crippen LogP contribution in [0.25, 0.3) is 0 Å². The Bertz CT molecular complexity index is 629. The van der Waals surface area contributed by atoms with Gasteiger partial charge in [0.1, 0.15) is 12.4 Å². The molecule has 1 saturated carbocycles. The van der Waals surface area contributed by atoms with Crippen LogP contribution in [0.15, 0.2) is 29.2 Å². The number of aliphatic hydroxyl groups is 1. The van der Waals surface area contributed by atoms with E-state index in [9.17, 15) is 13.5 Å². The van der Waals surface area contributed by atoms with Gasteiger partial charge in [-0.15, -0.1) is 5.92 Å². The molecular formula is C16H20O4S. The first-order valence-electron chi connectivity index (χ1n) is 7.09. The Kier molecular flexibility index (Phi) is 4.92. The predicted octanol–water partition coefficient (Wildman–Crippen LogP) is 2.52. The topological polar surface area (TPSA) is 63.6 Å². The van der Waals surface area contributed by atoms with Crippen LogP contribution in [0.5, 0.6) is 5.75 Å². The van der Waals surface area contributed by atoms with E-state index in [4.69, 9.17) is 4.74 Å². The van der Waals surface area contributed by atoms with Crippen molar-refractivity contribution in [3.8, 4) is 17.6 Å². The maximum Gasteiger partial charge on any atom is 0.207 e. The number of rotatable bonds is 4. The normalized spacial score (nSPS) is 17.6. The second-order valence-corrected chi connectivity index (χ2v) is 7.44. The van der Waals surface area contributed by atoms with Crippen LogP contribution in [0.4, 0.5) is 0 Å². The molecule has 1 aromatic carbocycles. The summed E-state index contributed by atoms with van der Waals surface area (Å²) in [6.45, 7) is 2.00. The molecule has 4 nitrogen and oxygen atoms in total. The van der Waals surface area contributed by atoms with Crippen molar-refractivity contribution in [2.45, 2.75) is 48.9 Å². The molecule has 21 heavy (non-hydrogen) atoms. The Morgan fingerprint density at radius 2 is 1.81 bits per heavy atom. The smallest absolute Gasteiger partial charge is 0.207 e. The molecule has 0 unspecified atom stereocenters. The molecule has 0 saturated heterocycles. The number of hydrogen-bond acceptors (Lipinski definition) is 4. The third kappa shape index (κ3) is 3.39. The van der Waals surface area contributed by atoms with Gasteiger partial charge < -0.3 is 9.84 Å². The van der Waals surface area contributed by atoms with E-state index in [1.807, 2.05) is 0 Å². The minimum Gasteiger partial charge on any atom is -0.481 e. The van der Waals surface area contributed by atoms with Crippen LogP contribution < -0.4 is 4.74 Å². The highest BCUT2D eigenvalue weighted by molar-refractivity contribution is 7.92. The first-order valence-corrected chi connectivity index (χ1v) is 8.57. The van der Waals surface area contributed by atoms with Gasteiger partial charge in [0.2, 0.25) is 9.84 Å². The van der Waals surface area contributed by atoms with Gasteiger partial charge in [-0.1, -0.05) is 12.3 Å². The summed E-state index contributed by atoms with van der Waals surface area (Å²) in [5.41, 5.74) is 0. The van der Waals surface area contributed by atoms with Gasteiger partial charge in [-0.25, -0.2) is 8.42 Å². The molecule has 1 aromatic rings. The highest BCUT2D eigenvalue weighted by Gasteiger charge is 2.43. The molecule has 114 valence electrons. The van der Waals surface area contributed by atoms with Crippen LogP contribution in [-0.2, 0) is 9.84 Å². The third-order valence-electron chi connectivity index (χ3n) is 3.76. The zero-order valence-electron chi connectivity index (χ0n) is 12.1. The van der Waals surface area contributed by atoms with E-state index >= 15 is 0 Å². The highest BCUT2D eigenvalue weighted by Crippen LogP contribution is 2.37. The average molecular weight is 308 g/mol. The largest absolute Gasteiger partial charge is 0.481 e. The zero-order valence-corrected chi connectivity index (χ0v) is 12.9. The second-order valence-electron chi connectivity index (χ2n) is 5.20. The number of hydrogen-bond donors (Lipinski definition) is 1. The molecule has 5 heteroatoms. The molecule has 1 fully saturated rings. The summed E-state index contributed by atoms with van der Waals surface area (Å²) in [4.78, 5) is -1.48. The lowest BCUT2D eigenvalue weighted by molar-refractivity contribution is 0.0829. The average Bonchev–Trinajstić information content (AvgIpc) is 2.49. The molecule has 2 rings (SSSR count). The molecule has 0 aromatic heterocycles. The lowest BCUT2D eigenvalue weighted by Crippen LogP contribution is -2.40. The summed E-state index contributed by atoms with van der Waals surface area (Å²) in [6.07, 6.45) is 3.07. The fourth-order valence-corrected chi connectivity index (χ4v) is 4.26. The van der Waals surface area contributed by atoms with Crippen molar-refractivity contribution in [3.63, 3.8) is 0 Å². The molecule has 1 N–H and O–H groups in total. The van der Waals surface area contributed by atoms with Gasteiger partial charge in [0, 0.05) is 0 Å². The van der Waals surface area contributed by atoms with Gasteiger partial charge in [-0.2, -0.15) is 0 Å². The Balaban J connectivity index is 2.18. The Hall–Kier alpha value is -1.51. The number of sulfone groups is 1. The van der Waals surface area contributed by atoms with Crippen LogP contribution in [0.3, 0.4) is 0 Å². The quantitative estimate of drug-likeness (QED) is 0.868. The van der Waals surface area contributed by atoms with E-state index < -0.39 is 14.8 Å². The molecule has 0 heterocycles. The van der Waals surface area contributed by atoms with Crippen LogP contribution >= 0.6 is 0 Å². The van der Waals surface area contributed by atoms with Crippen molar-refractivity contribution in [1.29, 1.82) is 0 Å². The van der Waals surface area contributed by atoms with E-state index in [1.54, 1.807) is 19.1 Å². The summed E-state index contributed by atoms with van der Waals surface area (Å²) in [5, 5.41) is 10.5. The van der Waals surface area contributed by atoms with Crippen molar-refractivity contribution < 1.29 is 18.3 Å². The highest BCUT2D eigenvalue weighted by atomic mass is 32.2. The van der Waals surface area contributed by atoms with Crippen molar-refractivity contribution in [2.24, 2.45) is 0 Å². The van der Waals surface area contributed by atoms with Gasteiger partial charge in [0.15, 0.2) is 4.93 Å². The summed E-state index contributed by atoms with van der Waals surface area (Å²) < 4.78 is 30.5. The fourth-order valence-electron chi connectivity index (χ4n) is 2.50. The van der Waals surface area contributed by atoms with Crippen LogP contribution in [0, 0.1) is 11.8 Å². The van der Waals surface area contributed by atoms with Gasteiger partial charge in [-0.3, -0.25) is 0 Å². The Labute approximate surface area is 126 Å². The molecule has 1 aliphatic carbocycles. The lowest BCUT2D eigenvalue weighted by Gasteiger charge is -2.31. The first-order chi connectivity index (χ1) is 9.99. The third-order valence-corrected chi connectivity index (χ3v) is 6.06. The maximum atomic E-state index is 12.6. The molecule has 0 amide bonds. The van der Waals surface area contributed by atoms with E-state index in [1.165, 1.54) is 12.1 Å². The van der Waals surface area contributed by atoms with Crippen LogP contribution in [-0.4, -0.2) is 25.1 Å². The molecule has 0 radical (unpaired) electrons. The van der Waals surface area contributed by atoms with E-state index in [0.717, 1.165) is 19.3 Å². The van der Waals surface area contributed by atoms with Gasteiger partial charge in [-0.05, 0) is 56.9 Å². The summed E-state index contributed by atoms with van der Waals surface area (Å²) in [6, 6.07) is 6.15. The maximum absolute atomic E-state index is 12.6.